The number of rotatable bonds is 1. The zero-order valence-electron chi connectivity index (χ0n) is 13.7. The quantitative estimate of drug-likeness (QED) is 0.869. The Morgan fingerprint density at radius 3 is 2.70 bits per heavy atom. The summed E-state index contributed by atoms with van der Waals surface area (Å²) < 4.78 is 19.5. The van der Waals surface area contributed by atoms with Gasteiger partial charge in [0.15, 0.2) is 0 Å². The molecule has 1 saturated heterocycles. The largest absolute Gasteiger partial charge is 0.444 e. The van der Waals surface area contributed by atoms with Gasteiger partial charge in [-0.3, -0.25) is 5.10 Å². The minimum absolute atomic E-state index is 0.152. The van der Waals surface area contributed by atoms with E-state index >= 15 is 0 Å². The van der Waals surface area contributed by atoms with Crippen molar-refractivity contribution in [1.29, 1.82) is 0 Å². The lowest BCUT2D eigenvalue weighted by Crippen LogP contribution is -2.41. The van der Waals surface area contributed by atoms with Crippen molar-refractivity contribution in [2.75, 3.05) is 13.1 Å². The molecule has 6 heteroatoms. The number of nitrogens with one attached hydrogen (secondary N) is 1. The van der Waals surface area contributed by atoms with Crippen LogP contribution in [-0.2, 0) is 4.74 Å². The number of likely N-dealkylation sites (tertiary alicyclic amines) is 1. The van der Waals surface area contributed by atoms with Crippen molar-refractivity contribution >= 4 is 17.0 Å². The molecule has 1 amide bonds. The number of hydrogen-bond donors (Lipinski definition) is 1. The van der Waals surface area contributed by atoms with E-state index < -0.39 is 5.60 Å². The highest BCUT2D eigenvalue weighted by Gasteiger charge is 2.29. The van der Waals surface area contributed by atoms with E-state index in [0.29, 0.717) is 18.5 Å². The van der Waals surface area contributed by atoms with Crippen LogP contribution in [0.15, 0.2) is 18.2 Å². The summed E-state index contributed by atoms with van der Waals surface area (Å²) in [5.74, 6) is -0.0971. The lowest BCUT2D eigenvalue weighted by Gasteiger charge is -2.33. The number of carbonyl (C=O) groups excluding carboxylic acids is 1. The molecular weight excluding hydrogens is 297 g/mol. The predicted molar refractivity (Wildman–Crippen MR) is 85.8 cm³/mol. The fourth-order valence-electron chi connectivity index (χ4n) is 3.01. The highest BCUT2D eigenvalue weighted by Crippen LogP contribution is 2.33. The number of ether oxygens (including phenoxy) is 1. The van der Waals surface area contributed by atoms with Crippen molar-refractivity contribution in [2.24, 2.45) is 0 Å². The number of fused-ring (bicyclic) bond motifs is 1. The van der Waals surface area contributed by atoms with E-state index in [1.807, 2.05) is 26.8 Å². The summed E-state index contributed by atoms with van der Waals surface area (Å²) >= 11 is 0. The minimum atomic E-state index is -0.491. The third-order valence-corrected chi connectivity index (χ3v) is 4.10. The van der Waals surface area contributed by atoms with E-state index in [-0.39, 0.29) is 17.8 Å². The normalized spacial score (nSPS) is 16.8. The number of carbonyl (C=O) groups is 1. The molecule has 1 fully saturated rings. The lowest BCUT2D eigenvalue weighted by molar-refractivity contribution is 0.0204. The lowest BCUT2D eigenvalue weighted by atomic mass is 9.91. The number of aromatic amines is 1. The first kappa shape index (κ1) is 15.8. The number of hydrogen-bond acceptors (Lipinski definition) is 3. The first-order valence-corrected chi connectivity index (χ1v) is 7.95. The Bertz CT molecular complexity index is 712. The molecule has 0 radical (unpaired) electrons. The SMILES string of the molecule is CC(C)(C)OC(=O)N1CCC(c2n[nH]c3cccc(F)c23)CC1. The maximum absolute atomic E-state index is 14.1. The zero-order chi connectivity index (χ0) is 16.6. The molecule has 1 N–H and O–H groups in total. The van der Waals surface area contributed by atoms with Crippen molar-refractivity contribution < 1.29 is 13.9 Å². The van der Waals surface area contributed by atoms with Crippen LogP contribution < -0.4 is 0 Å². The second kappa shape index (κ2) is 5.83. The number of H-pyrrole nitrogens is 1. The summed E-state index contributed by atoms with van der Waals surface area (Å²) in [6.07, 6.45) is 1.23. The Morgan fingerprint density at radius 1 is 1.35 bits per heavy atom. The first-order chi connectivity index (χ1) is 10.8. The maximum atomic E-state index is 14.1. The molecule has 1 aliphatic heterocycles. The second-order valence-electron chi connectivity index (χ2n) is 7.01. The van der Waals surface area contributed by atoms with E-state index in [0.717, 1.165) is 24.1 Å². The van der Waals surface area contributed by atoms with Crippen molar-refractivity contribution in [1.82, 2.24) is 15.1 Å². The van der Waals surface area contributed by atoms with Gasteiger partial charge in [-0.15, -0.1) is 0 Å². The number of piperidine rings is 1. The summed E-state index contributed by atoms with van der Waals surface area (Å²) in [7, 11) is 0. The van der Waals surface area contributed by atoms with Crippen LogP contribution >= 0.6 is 0 Å². The Balaban J connectivity index is 1.70. The van der Waals surface area contributed by atoms with Crippen LogP contribution in [0.4, 0.5) is 9.18 Å². The van der Waals surface area contributed by atoms with Crippen LogP contribution in [0.2, 0.25) is 0 Å². The maximum Gasteiger partial charge on any atom is 0.410 e. The average Bonchev–Trinajstić information content (AvgIpc) is 2.91. The molecular formula is C17H22FN3O2. The minimum Gasteiger partial charge on any atom is -0.444 e. The summed E-state index contributed by atoms with van der Waals surface area (Å²) in [5.41, 5.74) is 0.992. The molecule has 5 nitrogen and oxygen atoms in total. The summed E-state index contributed by atoms with van der Waals surface area (Å²) in [5, 5.41) is 7.78. The monoisotopic (exact) mass is 319 g/mol. The van der Waals surface area contributed by atoms with Crippen LogP contribution in [0.25, 0.3) is 10.9 Å². The topological polar surface area (TPSA) is 58.2 Å². The van der Waals surface area contributed by atoms with Crippen LogP contribution in [-0.4, -0.2) is 39.9 Å². The van der Waals surface area contributed by atoms with Gasteiger partial charge in [0.1, 0.15) is 11.4 Å². The molecule has 2 heterocycles. The standard InChI is InChI=1S/C17H22FN3O2/c1-17(2,3)23-16(22)21-9-7-11(8-10-21)15-14-12(18)5-4-6-13(14)19-20-15/h4-6,11H,7-10H2,1-3H3,(H,19,20). The van der Waals surface area contributed by atoms with E-state index in [4.69, 9.17) is 4.74 Å². The van der Waals surface area contributed by atoms with E-state index in [1.54, 1.807) is 11.0 Å². The molecule has 2 aromatic rings. The van der Waals surface area contributed by atoms with Crippen LogP contribution in [0.3, 0.4) is 0 Å². The van der Waals surface area contributed by atoms with Gasteiger partial charge in [0.25, 0.3) is 0 Å². The van der Waals surface area contributed by atoms with Crippen LogP contribution in [0.5, 0.6) is 0 Å². The average molecular weight is 319 g/mol. The molecule has 0 aliphatic carbocycles. The Labute approximate surface area is 134 Å². The van der Waals surface area contributed by atoms with Crippen molar-refractivity contribution in [2.45, 2.75) is 45.1 Å². The smallest absolute Gasteiger partial charge is 0.410 e. The number of aromatic nitrogens is 2. The predicted octanol–water partition coefficient (Wildman–Crippen LogP) is 3.82. The highest BCUT2D eigenvalue weighted by atomic mass is 19.1. The Morgan fingerprint density at radius 2 is 2.04 bits per heavy atom. The molecule has 0 bridgehead atoms. The zero-order valence-corrected chi connectivity index (χ0v) is 13.7. The van der Waals surface area contributed by atoms with Gasteiger partial charge in [-0.2, -0.15) is 5.10 Å². The fraction of sp³-hybridized carbons (Fsp3) is 0.529. The number of nitrogens with zero attached hydrogens (tertiary/aromatic N) is 2. The second-order valence-corrected chi connectivity index (χ2v) is 7.01. The van der Waals surface area contributed by atoms with E-state index in [1.165, 1.54) is 6.07 Å². The molecule has 1 aromatic heterocycles. The van der Waals surface area contributed by atoms with Crippen molar-refractivity contribution in [3.8, 4) is 0 Å². The van der Waals surface area contributed by atoms with Crippen LogP contribution in [0, 0.1) is 5.82 Å². The van der Waals surface area contributed by atoms with Crippen molar-refractivity contribution in [3.05, 3.63) is 29.7 Å². The first-order valence-electron chi connectivity index (χ1n) is 7.95. The Hall–Kier alpha value is -2.11. The molecule has 1 aromatic carbocycles. The third-order valence-electron chi connectivity index (χ3n) is 4.10. The number of halogens is 1. The molecule has 3 rings (SSSR count). The summed E-state index contributed by atoms with van der Waals surface area (Å²) in [4.78, 5) is 13.8. The molecule has 0 atom stereocenters. The number of benzene rings is 1. The molecule has 124 valence electrons. The van der Waals surface area contributed by atoms with Gasteiger partial charge < -0.3 is 9.64 Å². The third kappa shape index (κ3) is 3.30. The van der Waals surface area contributed by atoms with Gasteiger partial charge in [0.05, 0.1) is 16.6 Å². The summed E-state index contributed by atoms with van der Waals surface area (Å²) in [6, 6.07) is 4.95. The molecule has 0 saturated carbocycles. The van der Waals surface area contributed by atoms with E-state index in [9.17, 15) is 9.18 Å². The highest BCUT2D eigenvalue weighted by molar-refractivity contribution is 5.82. The Kier molecular flexibility index (Phi) is 4.00. The molecule has 0 unspecified atom stereocenters. The van der Waals surface area contributed by atoms with Crippen LogP contribution in [0.1, 0.15) is 45.2 Å². The van der Waals surface area contributed by atoms with Gasteiger partial charge >= 0.3 is 6.09 Å². The van der Waals surface area contributed by atoms with Gasteiger partial charge in [-0.05, 0) is 45.7 Å². The fourth-order valence-corrected chi connectivity index (χ4v) is 3.01. The van der Waals surface area contributed by atoms with Gasteiger partial charge in [0, 0.05) is 19.0 Å². The molecule has 0 spiro atoms. The van der Waals surface area contributed by atoms with E-state index in [2.05, 4.69) is 10.2 Å². The molecule has 23 heavy (non-hydrogen) atoms. The summed E-state index contributed by atoms with van der Waals surface area (Å²) in [6.45, 7) is 6.77. The van der Waals surface area contributed by atoms with Gasteiger partial charge in [-0.25, -0.2) is 9.18 Å². The van der Waals surface area contributed by atoms with Crippen molar-refractivity contribution in [3.63, 3.8) is 0 Å². The number of amides is 1. The van der Waals surface area contributed by atoms with Gasteiger partial charge in [0.2, 0.25) is 0 Å². The molecule has 1 aliphatic rings. The van der Waals surface area contributed by atoms with Gasteiger partial charge in [-0.1, -0.05) is 6.07 Å².